The van der Waals surface area contributed by atoms with E-state index >= 15 is 0 Å². The molecule has 16 heavy (non-hydrogen) atoms. The molecule has 90 valence electrons. The average molecular weight is 295 g/mol. The maximum absolute atomic E-state index is 9.68. The lowest BCUT2D eigenvalue weighted by molar-refractivity contribution is 0.501. The zero-order chi connectivity index (χ0) is 12.2. The normalized spacial score (nSPS) is 13.8. The number of thioether (sulfide) groups is 1. The SMILES string of the molecule is CCC[S+](c1ccc(SC)cc1)P(O)(O)=S. The first-order valence-corrected chi connectivity index (χ1v) is 10.8. The van der Waals surface area contributed by atoms with Crippen LogP contribution >= 0.6 is 17.5 Å². The second-order valence-electron chi connectivity index (χ2n) is 3.23. The molecule has 1 rings (SSSR count). The molecular weight excluding hydrogens is 279 g/mol. The molecule has 0 aliphatic carbocycles. The Bertz CT molecular complexity index is 374. The Morgan fingerprint density at radius 2 is 1.88 bits per heavy atom. The van der Waals surface area contributed by atoms with Gasteiger partial charge in [0.25, 0.3) is 0 Å². The molecule has 1 unspecified atom stereocenters. The minimum absolute atomic E-state index is 0.588. The van der Waals surface area contributed by atoms with E-state index in [0.717, 1.165) is 17.1 Å². The highest BCUT2D eigenvalue weighted by Gasteiger charge is 2.36. The Kier molecular flexibility index (Phi) is 5.85. The van der Waals surface area contributed by atoms with Crippen LogP contribution in [0.2, 0.25) is 0 Å². The Labute approximate surface area is 109 Å². The van der Waals surface area contributed by atoms with Crippen LogP contribution in [0.4, 0.5) is 0 Å². The Balaban J connectivity index is 2.97. The lowest BCUT2D eigenvalue weighted by atomic mass is 10.4. The maximum atomic E-state index is 9.68. The zero-order valence-corrected chi connectivity index (χ0v) is 12.6. The molecule has 0 aliphatic rings. The van der Waals surface area contributed by atoms with Crippen LogP contribution in [0.25, 0.3) is 0 Å². The van der Waals surface area contributed by atoms with Crippen molar-refractivity contribution in [2.45, 2.75) is 23.1 Å². The third-order valence-electron chi connectivity index (χ3n) is 2.02. The van der Waals surface area contributed by atoms with Crippen molar-refractivity contribution in [2.24, 2.45) is 0 Å². The van der Waals surface area contributed by atoms with Crippen molar-refractivity contribution in [3.63, 3.8) is 0 Å². The third kappa shape index (κ3) is 4.06. The van der Waals surface area contributed by atoms with Gasteiger partial charge >= 0.3 is 5.69 Å². The molecule has 2 N–H and O–H groups in total. The van der Waals surface area contributed by atoms with Gasteiger partial charge < -0.3 is 9.79 Å². The number of benzene rings is 1. The summed E-state index contributed by atoms with van der Waals surface area (Å²) in [4.78, 5) is 21.5. The van der Waals surface area contributed by atoms with E-state index in [0.29, 0.717) is 0 Å². The van der Waals surface area contributed by atoms with Gasteiger partial charge in [0.05, 0.1) is 0 Å². The first-order chi connectivity index (χ1) is 7.49. The van der Waals surface area contributed by atoms with E-state index in [1.807, 2.05) is 37.4 Å². The number of rotatable bonds is 5. The van der Waals surface area contributed by atoms with Gasteiger partial charge in [-0.1, -0.05) is 6.92 Å². The Hall–Kier alpha value is 0.490. The summed E-state index contributed by atoms with van der Waals surface area (Å²) in [6.45, 7) is 2.03. The van der Waals surface area contributed by atoms with E-state index in [9.17, 15) is 9.79 Å². The van der Waals surface area contributed by atoms with Crippen molar-refractivity contribution >= 4 is 39.8 Å². The molecular formula is C10H16O2PS3+. The van der Waals surface area contributed by atoms with Crippen LogP contribution in [0.5, 0.6) is 0 Å². The summed E-state index contributed by atoms with van der Waals surface area (Å²) in [5, 5.41) is 0. The molecule has 0 fully saturated rings. The smallest absolute Gasteiger partial charge is 0.307 e. The summed E-state index contributed by atoms with van der Waals surface area (Å²) in [5.74, 6) is 0.753. The molecule has 1 atom stereocenters. The highest BCUT2D eigenvalue weighted by molar-refractivity contribution is 8.65. The van der Waals surface area contributed by atoms with Crippen LogP contribution in [-0.2, 0) is 22.3 Å². The lowest BCUT2D eigenvalue weighted by Crippen LogP contribution is -2.07. The van der Waals surface area contributed by atoms with Gasteiger partial charge in [-0.15, -0.1) is 11.8 Å². The fourth-order valence-electron chi connectivity index (χ4n) is 1.30. The van der Waals surface area contributed by atoms with Gasteiger partial charge in [0.15, 0.2) is 4.90 Å². The first-order valence-electron chi connectivity index (χ1n) is 4.90. The number of hydrogen-bond acceptors (Lipinski definition) is 2. The van der Waals surface area contributed by atoms with Crippen molar-refractivity contribution < 1.29 is 9.79 Å². The standard InChI is InChI=1S/C10H15O2PS3/c1-3-8-16(13(11,12)14)10-6-4-9(15-2)5-7-10/h4-7H,3,8H2,1-2H3,(H-,11,12,14)/p+1. The zero-order valence-electron chi connectivity index (χ0n) is 9.29. The minimum Gasteiger partial charge on any atom is -0.307 e. The summed E-state index contributed by atoms with van der Waals surface area (Å²) in [6.07, 6.45) is 2.93. The summed E-state index contributed by atoms with van der Waals surface area (Å²) in [5.41, 5.74) is -3.18. The van der Waals surface area contributed by atoms with Crippen molar-refractivity contribution in [3.8, 4) is 0 Å². The van der Waals surface area contributed by atoms with Gasteiger partial charge in [0.1, 0.15) is 16.3 Å². The highest BCUT2D eigenvalue weighted by Crippen LogP contribution is 2.50. The fourth-order valence-corrected chi connectivity index (χ4v) is 7.19. The van der Waals surface area contributed by atoms with Gasteiger partial charge in [-0.2, -0.15) is 0 Å². The van der Waals surface area contributed by atoms with Crippen LogP contribution in [0, 0.1) is 0 Å². The van der Waals surface area contributed by atoms with E-state index in [4.69, 9.17) is 11.8 Å². The van der Waals surface area contributed by atoms with Gasteiger partial charge in [-0.05, 0) is 36.9 Å². The van der Waals surface area contributed by atoms with Crippen LogP contribution in [0.3, 0.4) is 0 Å². The predicted octanol–water partition coefficient (Wildman–Crippen LogP) is 3.00. The largest absolute Gasteiger partial charge is 0.399 e. The second-order valence-corrected chi connectivity index (χ2v) is 11.8. The highest BCUT2D eigenvalue weighted by atomic mass is 32.9. The maximum Gasteiger partial charge on any atom is 0.399 e. The molecule has 0 heterocycles. The second kappa shape index (κ2) is 6.43. The van der Waals surface area contributed by atoms with Crippen LogP contribution < -0.4 is 0 Å². The first kappa shape index (κ1) is 14.6. The van der Waals surface area contributed by atoms with Gasteiger partial charge in [0.2, 0.25) is 0 Å². The number of hydrogen-bond donors (Lipinski definition) is 2. The van der Waals surface area contributed by atoms with Crippen LogP contribution in [0.15, 0.2) is 34.1 Å². The molecule has 0 aliphatic heterocycles. The molecule has 2 nitrogen and oxygen atoms in total. The fraction of sp³-hybridized carbons (Fsp3) is 0.400. The monoisotopic (exact) mass is 295 g/mol. The molecule has 0 aromatic heterocycles. The summed E-state index contributed by atoms with van der Waals surface area (Å²) >= 11 is 6.52. The van der Waals surface area contributed by atoms with Crippen LogP contribution in [0.1, 0.15) is 13.3 Å². The summed E-state index contributed by atoms with van der Waals surface area (Å²) in [7, 11) is -0.588. The Morgan fingerprint density at radius 3 is 2.25 bits per heavy atom. The third-order valence-corrected chi connectivity index (χ3v) is 9.47. The van der Waals surface area contributed by atoms with Crippen molar-refractivity contribution in [1.29, 1.82) is 0 Å². The van der Waals surface area contributed by atoms with Gasteiger partial charge in [-0.3, -0.25) is 0 Å². The van der Waals surface area contributed by atoms with Gasteiger partial charge in [-0.25, -0.2) is 0 Å². The van der Waals surface area contributed by atoms with E-state index in [-0.39, 0.29) is 0 Å². The average Bonchev–Trinajstić information content (AvgIpc) is 2.25. The molecule has 0 saturated heterocycles. The molecule has 0 radical (unpaired) electrons. The van der Waals surface area contributed by atoms with E-state index in [2.05, 4.69) is 0 Å². The van der Waals surface area contributed by atoms with Gasteiger partial charge in [0, 0.05) is 16.7 Å². The predicted molar refractivity (Wildman–Crippen MR) is 77.7 cm³/mol. The molecule has 6 heteroatoms. The molecule has 1 aromatic rings. The van der Waals surface area contributed by atoms with E-state index in [1.54, 1.807) is 11.8 Å². The quantitative estimate of drug-likeness (QED) is 0.498. The topological polar surface area (TPSA) is 40.5 Å². The summed E-state index contributed by atoms with van der Waals surface area (Å²) in [6, 6.07) is 7.91. The Morgan fingerprint density at radius 1 is 1.31 bits per heavy atom. The molecule has 0 amide bonds. The molecule has 0 saturated carbocycles. The van der Waals surface area contributed by atoms with Crippen LogP contribution in [-0.4, -0.2) is 21.8 Å². The van der Waals surface area contributed by atoms with Crippen molar-refractivity contribution in [1.82, 2.24) is 0 Å². The van der Waals surface area contributed by atoms with E-state index < -0.39 is 16.2 Å². The molecule has 0 bridgehead atoms. The lowest BCUT2D eigenvalue weighted by Gasteiger charge is -2.10. The van der Waals surface area contributed by atoms with Crippen molar-refractivity contribution in [2.75, 3.05) is 12.0 Å². The minimum atomic E-state index is -3.18. The summed E-state index contributed by atoms with van der Waals surface area (Å²) < 4.78 is 0. The van der Waals surface area contributed by atoms with E-state index in [1.165, 1.54) is 4.90 Å². The molecule has 0 spiro atoms. The van der Waals surface area contributed by atoms with Crippen molar-refractivity contribution in [3.05, 3.63) is 24.3 Å². The molecule has 1 aromatic carbocycles.